The number of aliphatic hydroxyl groups is 1. The van der Waals surface area contributed by atoms with Crippen LogP contribution in [0.5, 0.6) is 0 Å². The molecule has 104 valence electrons. The molecule has 0 atom stereocenters. The Morgan fingerprint density at radius 2 is 1.86 bits per heavy atom. The Labute approximate surface area is 121 Å². The molecule has 4 heteroatoms. The van der Waals surface area contributed by atoms with E-state index in [1.165, 1.54) is 0 Å². The summed E-state index contributed by atoms with van der Waals surface area (Å²) < 4.78 is 6.80. The van der Waals surface area contributed by atoms with Crippen LogP contribution >= 0.6 is 0 Å². The lowest BCUT2D eigenvalue weighted by Gasteiger charge is -2.05. The van der Waals surface area contributed by atoms with Gasteiger partial charge >= 0.3 is 5.76 Å². The van der Waals surface area contributed by atoms with Crippen molar-refractivity contribution in [2.24, 2.45) is 0 Å². The van der Waals surface area contributed by atoms with Crippen molar-refractivity contribution in [2.45, 2.75) is 6.54 Å². The van der Waals surface area contributed by atoms with Gasteiger partial charge in [-0.05, 0) is 23.8 Å². The molecule has 3 rings (SSSR count). The van der Waals surface area contributed by atoms with E-state index >= 15 is 0 Å². The maximum absolute atomic E-state index is 12.0. The minimum Gasteiger partial charge on any atom is -0.408 e. The molecule has 4 nitrogen and oxygen atoms in total. The average molecular weight is 279 g/mol. The summed E-state index contributed by atoms with van der Waals surface area (Å²) in [5.41, 5.74) is 3.03. The van der Waals surface area contributed by atoms with Crippen LogP contribution in [-0.2, 0) is 6.54 Å². The second-order valence-corrected chi connectivity index (χ2v) is 4.54. The van der Waals surface area contributed by atoms with Gasteiger partial charge in [-0.25, -0.2) is 4.79 Å². The number of rotatable bonds is 2. The Morgan fingerprint density at radius 3 is 2.71 bits per heavy atom. The van der Waals surface area contributed by atoms with E-state index in [1.807, 2.05) is 42.5 Å². The minimum absolute atomic E-state index is 0.192. The van der Waals surface area contributed by atoms with Gasteiger partial charge in [-0.1, -0.05) is 42.2 Å². The normalized spacial score (nSPS) is 10.3. The average Bonchev–Trinajstić information content (AvgIpc) is 2.82. The molecule has 0 aliphatic heterocycles. The predicted molar refractivity (Wildman–Crippen MR) is 80.0 cm³/mol. The van der Waals surface area contributed by atoms with Crippen molar-refractivity contribution in [2.75, 3.05) is 6.61 Å². The summed E-state index contributed by atoms with van der Waals surface area (Å²) in [6.45, 7) is 0.190. The molecular formula is C17H13NO3. The number of aliphatic hydroxyl groups excluding tert-OH is 1. The first-order valence-electron chi connectivity index (χ1n) is 6.55. The Hall–Kier alpha value is -2.77. The fraction of sp³-hybridized carbons (Fsp3) is 0.118. The van der Waals surface area contributed by atoms with Crippen LogP contribution in [0.3, 0.4) is 0 Å². The van der Waals surface area contributed by atoms with E-state index in [4.69, 9.17) is 9.52 Å². The SMILES string of the molecule is O=c1oc2ccccc2n1Cc1ccccc1C#CCO. The van der Waals surface area contributed by atoms with Crippen LogP contribution in [0, 0.1) is 11.8 Å². The van der Waals surface area contributed by atoms with Crippen LogP contribution < -0.4 is 5.76 Å². The highest BCUT2D eigenvalue weighted by atomic mass is 16.4. The molecule has 0 aliphatic carbocycles. The van der Waals surface area contributed by atoms with Crippen LogP contribution in [0.25, 0.3) is 11.1 Å². The summed E-state index contributed by atoms with van der Waals surface area (Å²) in [7, 11) is 0. The number of aromatic nitrogens is 1. The number of hydrogen-bond acceptors (Lipinski definition) is 3. The van der Waals surface area contributed by atoms with E-state index in [9.17, 15) is 4.79 Å². The van der Waals surface area contributed by atoms with E-state index < -0.39 is 0 Å². The van der Waals surface area contributed by atoms with Crippen molar-refractivity contribution < 1.29 is 9.52 Å². The molecule has 21 heavy (non-hydrogen) atoms. The number of hydrogen-bond donors (Lipinski definition) is 1. The summed E-state index contributed by atoms with van der Waals surface area (Å²) in [6, 6.07) is 14.9. The molecule has 0 bridgehead atoms. The fourth-order valence-electron chi connectivity index (χ4n) is 2.25. The van der Waals surface area contributed by atoms with Gasteiger partial charge < -0.3 is 9.52 Å². The van der Waals surface area contributed by atoms with Crippen molar-refractivity contribution >= 4 is 11.1 Å². The lowest BCUT2D eigenvalue weighted by atomic mass is 10.1. The topological polar surface area (TPSA) is 55.4 Å². The third kappa shape index (κ3) is 2.60. The van der Waals surface area contributed by atoms with Gasteiger partial charge in [-0.3, -0.25) is 4.57 Å². The van der Waals surface area contributed by atoms with Crippen LogP contribution in [0.4, 0.5) is 0 Å². The molecule has 2 aromatic carbocycles. The molecule has 0 radical (unpaired) electrons. The van der Waals surface area contributed by atoms with Gasteiger partial charge in [0.25, 0.3) is 0 Å². The van der Waals surface area contributed by atoms with Gasteiger partial charge in [-0.15, -0.1) is 0 Å². The first kappa shape index (κ1) is 13.2. The smallest absolute Gasteiger partial charge is 0.408 e. The van der Waals surface area contributed by atoms with Crippen molar-refractivity contribution in [3.05, 3.63) is 70.2 Å². The van der Waals surface area contributed by atoms with E-state index in [2.05, 4.69) is 11.8 Å². The molecule has 1 N–H and O–H groups in total. The first-order chi connectivity index (χ1) is 10.3. The summed E-state index contributed by atoms with van der Waals surface area (Å²) in [4.78, 5) is 12.0. The monoisotopic (exact) mass is 279 g/mol. The number of benzene rings is 2. The number of nitrogens with zero attached hydrogens (tertiary/aromatic N) is 1. The van der Waals surface area contributed by atoms with Crippen LogP contribution in [0.15, 0.2) is 57.7 Å². The molecule has 0 fully saturated rings. The Bertz CT molecular complexity index is 893. The van der Waals surface area contributed by atoms with E-state index in [0.717, 1.165) is 16.6 Å². The lowest BCUT2D eigenvalue weighted by Crippen LogP contribution is -2.15. The van der Waals surface area contributed by atoms with Crippen LogP contribution in [0.2, 0.25) is 0 Å². The van der Waals surface area contributed by atoms with E-state index in [1.54, 1.807) is 10.6 Å². The molecule has 0 saturated carbocycles. The van der Waals surface area contributed by atoms with Crippen molar-refractivity contribution in [1.82, 2.24) is 4.57 Å². The minimum atomic E-state index is -0.388. The van der Waals surface area contributed by atoms with Gasteiger partial charge in [0, 0.05) is 5.56 Å². The molecule has 1 aromatic heterocycles. The van der Waals surface area contributed by atoms with Gasteiger partial charge in [0.1, 0.15) is 6.61 Å². The molecule has 0 saturated heterocycles. The Morgan fingerprint density at radius 1 is 1.10 bits per heavy atom. The van der Waals surface area contributed by atoms with Crippen molar-refractivity contribution in [3.63, 3.8) is 0 Å². The quantitative estimate of drug-likeness (QED) is 0.730. The molecule has 3 aromatic rings. The molecule has 0 spiro atoms. The Balaban J connectivity index is 2.07. The third-order valence-corrected chi connectivity index (χ3v) is 3.22. The zero-order valence-electron chi connectivity index (χ0n) is 11.2. The van der Waals surface area contributed by atoms with Crippen LogP contribution in [-0.4, -0.2) is 16.3 Å². The number of oxazole rings is 1. The highest BCUT2D eigenvalue weighted by molar-refractivity contribution is 5.72. The molecule has 0 amide bonds. The standard InChI is InChI=1S/C17H13NO3/c19-11-5-8-13-6-1-2-7-14(13)12-18-15-9-3-4-10-16(15)21-17(18)20/h1-4,6-7,9-10,19H,11-12H2. The maximum atomic E-state index is 12.0. The zero-order chi connectivity index (χ0) is 14.7. The zero-order valence-corrected chi connectivity index (χ0v) is 11.2. The maximum Gasteiger partial charge on any atom is 0.420 e. The summed E-state index contributed by atoms with van der Waals surface area (Å²) >= 11 is 0. The van der Waals surface area contributed by atoms with E-state index in [-0.39, 0.29) is 12.4 Å². The lowest BCUT2D eigenvalue weighted by molar-refractivity contribution is 0.350. The predicted octanol–water partition coefficient (Wildman–Crippen LogP) is 1.99. The van der Waals surface area contributed by atoms with Gasteiger partial charge in [0.05, 0.1) is 12.1 Å². The molecule has 0 unspecified atom stereocenters. The molecule has 0 aliphatic rings. The highest BCUT2D eigenvalue weighted by Crippen LogP contribution is 2.15. The third-order valence-electron chi connectivity index (χ3n) is 3.22. The summed E-state index contributed by atoms with van der Waals surface area (Å²) in [5.74, 6) is 5.14. The fourth-order valence-corrected chi connectivity index (χ4v) is 2.25. The van der Waals surface area contributed by atoms with Gasteiger partial charge in [0.15, 0.2) is 5.58 Å². The molecule has 1 heterocycles. The first-order valence-corrected chi connectivity index (χ1v) is 6.55. The second-order valence-electron chi connectivity index (χ2n) is 4.54. The van der Waals surface area contributed by atoms with E-state index in [0.29, 0.717) is 12.1 Å². The second kappa shape index (κ2) is 5.70. The van der Waals surface area contributed by atoms with Crippen molar-refractivity contribution in [1.29, 1.82) is 0 Å². The largest absolute Gasteiger partial charge is 0.420 e. The summed E-state index contributed by atoms with van der Waals surface area (Å²) in [5, 5.41) is 8.82. The van der Waals surface area contributed by atoms with Crippen molar-refractivity contribution in [3.8, 4) is 11.8 Å². The van der Waals surface area contributed by atoms with Crippen LogP contribution in [0.1, 0.15) is 11.1 Å². The van der Waals surface area contributed by atoms with Gasteiger partial charge in [-0.2, -0.15) is 0 Å². The highest BCUT2D eigenvalue weighted by Gasteiger charge is 2.10. The Kier molecular flexibility index (Phi) is 3.59. The molecular weight excluding hydrogens is 266 g/mol. The van der Waals surface area contributed by atoms with Gasteiger partial charge in [0.2, 0.25) is 0 Å². The number of para-hydroxylation sites is 2. The number of fused-ring (bicyclic) bond motifs is 1. The summed E-state index contributed by atoms with van der Waals surface area (Å²) in [6.07, 6.45) is 0.